The summed E-state index contributed by atoms with van der Waals surface area (Å²) in [4.78, 5) is 25.7. The van der Waals surface area contributed by atoms with E-state index in [2.05, 4.69) is 52.9 Å². The molecule has 6 heteroatoms. The summed E-state index contributed by atoms with van der Waals surface area (Å²) in [5, 5.41) is 21.9. The Labute approximate surface area is 167 Å². The average Bonchev–Trinajstić information content (AvgIpc) is 2.74. The van der Waals surface area contributed by atoms with Crippen LogP contribution in [-0.2, 0) is 9.59 Å². The molecule has 2 N–H and O–H groups in total. The van der Waals surface area contributed by atoms with Crippen molar-refractivity contribution in [3.63, 3.8) is 0 Å². The number of hydrogen-bond acceptors (Lipinski definition) is 4. The van der Waals surface area contributed by atoms with Gasteiger partial charge in [-0.25, -0.2) is 9.97 Å². The van der Waals surface area contributed by atoms with Crippen LogP contribution in [-0.4, -0.2) is 11.9 Å². The summed E-state index contributed by atoms with van der Waals surface area (Å²) in [7, 11) is 0. The van der Waals surface area contributed by atoms with Gasteiger partial charge < -0.3 is 19.8 Å². The third-order valence-electron chi connectivity index (χ3n) is 3.79. The smallest absolute Gasteiger partial charge is 0.210 e. The third-order valence-corrected chi connectivity index (χ3v) is 3.79. The van der Waals surface area contributed by atoms with E-state index in [1.165, 1.54) is 21.8 Å². The van der Waals surface area contributed by atoms with Gasteiger partial charge in [-0.05, 0) is 29.8 Å². The molecule has 0 atom stereocenters. The van der Waals surface area contributed by atoms with Gasteiger partial charge in [-0.3, -0.25) is 0 Å². The number of carbonyl (C=O) groups is 2. The minimum atomic E-state index is -1.56. The number of aromatic nitrogens is 2. The summed E-state index contributed by atoms with van der Waals surface area (Å²) in [6.07, 6.45) is 3.19. The molecular formula is C23H20N2O4. The molecule has 0 saturated heterocycles. The van der Waals surface area contributed by atoms with Crippen molar-refractivity contribution >= 4 is 33.7 Å². The lowest BCUT2D eigenvalue weighted by Gasteiger charge is -2.05. The predicted molar refractivity (Wildman–Crippen MR) is 105 cm³/mol. The number of hydrogen-bond donors (Lipinski definition) is 0. The van der Waals surface area contributed by atoms with E-state index >= 15 is 0 Å². The zero-order chi connectivity index (χ0) is 21.1. The van der Waals surface area contributed by atoms with Gasteiger partial charge in [0.1, 0.15) is 0 Å². The lowest BCUT2D eigenvalue weighted by molar-refractivity contribution is -0.345. The van der Waals surface area contributed by atoms with Gasteiger partial charge >= 0.3 is 0 Å². The van der Waals surface area contributed by atoms with Gasteiger partial charge in [-0.2, -0.15) is 0 Å². The van der Waals surface area contributed by atoms with Gasteiger partial charge in [-0.1, -0.05) is 30.8 Å². The van der Waals surface area contributed by atoms with Crippen molar-refractivity contribution in [2.24, 2.45) is 0 Å². The Bertz CT molecular complexity index is 924. The zero-order valence-electron chi connectivity index (χ0n) is 15.6. The maximum atomic E-state index is 9.73. The van der Waals surface area contributed by atoms with Gasteiger partial charge in [0, 0.05) is 47.4 Å². The molecule has 0 fully saturated rings. The van der Waals surface area contributed by atoms with Crippen LogP contribution in [0.25, 0.3) is 21.8 Å². The van der Waals surface area contributed by atoms with Crippen molar-refractivity contribution in [1.82, 2.24) is 0 Å². The van der Waals surface area contributed by atoms with Crippen LogP contribution in [0.15, 0.2) is 97.3 Å². The number of benzene rings is 2. The first-order chi connectivity index (χ1) is 14.0. The maximum absolute atomic E-state index is 9.73. The fourth-order valence-corrected chi connectivity index (χ4v) is 2.37. The summed E-state index contributed by atoms with van der Waals surface area (Å²) >= 11 is 0. The van der Waals surface area contributed by atoms with Crippen LogP contribution in [0.2, 0.25) is 0 Å². The number of carbonyl (C=O) groups excluding carboxylic acids is 2. The maximum Gasteiger partial charge on any atom is 0.210 e. The number of fused-ring (bicyclic) bond motifs is 2. The third kappa shape index (κ3) is 7.22. The molecule has 4 rings (SSSR count). The van der Waals surface area contributed by atoms with Crippen LogP contribution in [0.4, 0.5) is 0 Å². The minimum Gasteiger partial charge on any atom is -0.550 e. The summed E-state index contributed by atoms with van der Waals surface area (Å²) in [6, 6.07) is 24.6. The molecule has 2 heterocycles. The Hall–Kier alpha value is -4.06. The Morgan fingerprint density at radius 3 is 1.48 bits per heavy atom. The fourth-order valence-electron chi connectivity index (χ4n) is 2.37. The Morgan fingerprint density at radius 1 is 0.724 bits per heavy atom. The summed E-state index contributed by atoms with van der Waals surface area (Å²) in [5.74, 6) is -3.02. The standard InChI is InChI=1S/2C9H7N.C5H6O4/c2*1-2-6-9-8(4-1)5-3-7-10-9;1-3(5(8)9)2-4(6)7/h2*1-7H;1-2H2,(H,6,7)(H,8,9). The summed E-state index contributed by atoms with van der Waals surface area (Å²) < 4.78 is 0. The Kier molecular flexibility index (Phi) is 8.01. The van der Waals surface area contributed by atoms with Gasteiger partial charge in [0.15, 0.2) is 12.4 Å². The van der Waals surface area contributed by atoms with E-state index in [9.17, 15) is 19.8 Å². The van der Waals surface area contributed by atoms with Crippen LogP contribution in [0.1, 0.15) is 6.42 Å². The topological polar surface area (TPSA) is 109 Å². The van der Waals surface area contributed by atoms with Crippen LogP contribution in [0, 0.1) is 0 Å². The second-order valence-corrected chi connectivity index (χ2v) is 5.95. The second-order valence-electron chi connectivity index (χ2n) is 5.95. The van der Waals surface area contributed by atoms with Crippen molar-refractivity contribution in [3.8, 4) is 0 Å². The number of rotatable bonds is 3. The highest BCUT2D eigenvalue weighted by molar-refractivity contribution is 5.89. The molecule has 0 saturated carbocycles. The van der Waals surface area contributed by atoms with Crippen LogP contribution in [0.5, 0.6) is 0 Å². The van der Waals surface area contributed by atoms with E-state index < -0.39 is 23.9 Å². The number of nitrogens with one attached hydrogen (secondary N) is 2. The van der Waals surface area contributed by atoms with E-state index in [1.54, 1.807) is 0 Å². The van der Waals surface area contributed by atoms with E-state index in [0.29, 0.717) is 0 Å². The van der Waals surface area contributed by atoms with Crippen molar-refractivity contribution in [2.75, 3.05) is 0 Å². The first-order valence-electron chi connectivity index (χ1n) is 8.77. The van der Waals surface area contributed by atoms with Gasteiger partial charge in [0.25, 0.3) is 0 Å². The number of aromatic amines is 2. The highest BCUT2D eigenvalue weighted by atomic mass is 16.4. The molecule has 0 amide bonds. The largest absolute Gasteiger partial charge is 0.550 e. The summed E-state index contributed by atoms with van der Waals surface area (Å²) in [5.41, 5.74) is 1.89. The lowest BCUT2D eigenvalue weighted by atomic mass is 10.2. The second kappa shape index (κ2) is 10.9. The molecule has 146 valence electrons. The monoisotopic (exact) mass is 388 g/mol. The van der Waals surface area contributed by atoms with E-state index in [0.717, 1.165) is 0 Å². The normalized spacial score (nSPS) is 9.52. The molecular weight excluding hydrogens is 368 g/mol. The van der Waals surface area contributed by atoms with Crippen LogP contribution >= 0.6 is 0 Å². The van der Waals surface area contributed by atoms with Crippen molar-refractivity contribution < 1.29 is 29.8 Å². The van der Waals surface area contributed by atoms with Gasteiger partial charge in [0.2, 0.25) is 11.0 Å². The van der Waals surface area contributed by atoms with Gasteiger partial charge in [0.05, 0.1) is 5.97 Å². The molecule has 0 aliphatic rings. The molecule has 29 heavy (non-hydrogen) atoms. The summed E-state index contributed by atoms with van der Waals surface area (Å²) in [6.45, 7) is 2.91. The van der Waals surface area contributed by atoms with Gasteiger partial charge in [-0.15, -0.1) is 0 Å². The van der Waals surface area contributed by atoms with Crippen molar-refractivity contribution in [1.29, 1.82) is 0 Å². The quantitative estimate of drug-likeness (QED) is 0.482. The number of carboxylic acid groups (broad SMARTS) is 2. The van der Waals surface area contributed by atoms with E-state index in [1.807, 2.05) is 48.8 Å². The van der Waals surface area contributed by atoms with Crippen molar-refractivity contribution in [3.05, 3.63) is 97.3 Å². The number of para-hydroxylation sites is 2. The Morgan fingerprint density at radius 2 is 1.14 bits per heavy atom. The Balaban J connectivity index is 0.000000156. The molecule has 0 aliphatic heterocycles. The molecule has 0 unspecified atom stereocenters. The molecule has 2 aromatic heterocycles. The molecule has 2 aromatic carbocycles. The molecule has 0 radical (unpaired) electrons. The molecule has 6 nitrogen and oxygen atoms in total. The number of pyridine rings is 2. The molecule has 0 bridgehead atoms. The van der Waals surface area contributed by atoms with Crippen molar-refractivity contribution in [2.45, 2.75) is 6.42 Å². The molecule has 0 aliphatic carbocycles. The SMILES string of the molecule is C=C(CC(=O)[O-])C(=O)[O-].c1ccc2[nH+]cccc2c1.c1ccc2[nH+]cccc2c1. The first-order valence-corrected chi connectivity index (χ1v) is 8.77. The molecule has 0 spiro atoms. The number of carboxylic acids is 2. The highest BCUT2D eigenvalue weighted by Gasteiger charge is 1.94. The van der Waals surface area contributed by atoms with Crippen LogP contribution in [0.3, 0.4) is 0 Å². The first kappa shape index (κ1) is 21.2. The van der Waals surface area contributed by atoms with Crippen LogP contribution < -0.4 is 20.2 Å². The highest BCUT2D eigenvalue weighted by Crippen LogP contribution is 2.05. The van der Waals surface area contributed by atoms with E-state index in [-0.39, 0.29) is 0 Å². The van der Waals surface area contributed by atoms with E-state index in [4.69, 9.17) is 0 Å². The number of H-pyrrole nitrogens is 2. The average molecular weight is 388 g/mol. The molecule has 4 aromatic rings. The fraction of sp³-hybridized carbons (Fsp3) is 0.0435. The lowest BCUT2D eigenvalue weighted by Crippen LogP contribution is -2.29. The predicted octanol–water partition coefficient (Wildman–Crippen LogP) is 0.740. The minimum absolute atomic E-state index is 0.477. The zero-order valence-corrected chi connectivity index (χ0v) is 15.6. The number of aliphatic carboxylic acids is 2.